The maximum absolute atomic E-state index is 11.6. The molecule has 7 heteroatoms. The lowest BCUT2D eigenvalue weighted by Crippen LogP contribution is -2.50. The van der Waals surface area contributed by atoms with Crippen LogP contribution in [0.15, 0.2) is 0 Å². The Bertz CT molecular complexity index is 315. The van der Waals surface area contributed by atoms with Crippen molar-refractivity contribution in [1.29, 1.82) is 0 Å². The monoisotopic (exact) mass is 245 g/mol. The van der Waals surface area contributed by atoms with Crippen LogP contribution in [-0.4, -0.2) is 47.0 Å². The largest absolute Gasteiger partial charge is 0.481 e. The topological polar surface area (TPSA) is 113 Å². The van der Waals surface area contributed by atoms with E-state index in [0.717, 1.165) is 4.90 Å². The number of carbonyl (C=O) groups is 3. The van der Waals surface area contributed by atoms with Crippen molar-refractivity contribution >= 4 is 17.9 Å². The number of nitrogens with one attached hydrogen (secondary N) is 1. The molecule has 3 amide bonds. The average molecular weight is 245 g/mol. The third-order valence-corrected chi connectivity index (χ3v) is 2.15. The highest BCUT2D eigenvalue weighted by Crippen LogP contribution is 2.11. The SMILES string of the molecule is CN(CC(N)=O)C(=O)NC(C)(C)CCC(=O)O. The van der Waals surface area contributed by atoms with Crippen molar-refractivity contribution in [2.45, 2.75) is 32.2 Å². The minimum absolute atomic E-state index is 0.0349. The third kappa shape index (κ3) is 7.15. The van der Waals surface area contributed by atoms with Crippen LogP contribution in [0.2, 0.25) is 0 Å². The van der Waals surface area contributed by atoms with E-state index in [1.165, 1.54) is 7.05 Å². The van der Waals surface area contributed by atoms with Crippen LogP contribution < -0.4 is 11.1 Å². The Morgan fingerprint density at radius 1 is 1.35 bits per heavy atom. The van der Waals surface area contributed by atoms with Crippen LogP contribution in [0.1, 0.15) is 26.7 Å². The van der Waals surface area contributed by atoms with E-state index in [1.54, 1.807) is 13.8 Å². The van der Waals surface area contributed by atoms with Crippen molar-refractivity contribution in [3.8, 4) is 0 Å². The molecule has 7 nitrogen and oxygen atoms in total. The van der Waals surface area contributed by atoms with Gasteiger partial charge in [0.2, 0.25) is 5.91 Å². The molecule has 0 saturated carbocycles. The standard InChI is InChI=1S/C10H19N3O4/c1-10(2,5-4-8(15)16)12-9(17)13(3)6-7(11)14/h4-6H2,1-3H3,(H2,11,14)(H,12,17)(H,15,16). The summed E-state index contributed by atoms with van der Waals surface area (Å²) < 4.78 is 0. The van der Waals surface area contributed by atoms with Crippen LogP contribution >= 0.6 is 0 Å². The second-order valence-corrected chi connectivity index (χ2v) is 4.53. The first-order chi connectivity index (χ1) is 7.64. The predicted octanol–water partition coefficient (Wildman–Crippen LogP) is -0.243. The number of nitrogens with two attached hydrogens (primary N) is 1. The van der Waals surface area contributed by atoms with Gasteiger partial charge in [0.25, 0.3) is 0 Å². The van der Waals surface area contributed by atoms with Gasteiger partial charge in [0.15, 0.2) is 0 Å². The van der Waals surface area contributed by atoms with Crippen LogP contribution in [0.25, 0.3) is 0 Å². The number of hydrogen-bond donors (Lipinski definition) is 3. The van der Waals surface area contributed by atoms with Crippen molar-refractivity contribution < 1.29 is 19.5 Å². The summed E-state index contributed by atoms with van der Waals surface area (Å²) in [6.07, 6.45) is 0.269. The van der Waals surface area contributed by atoms with Gasteiger partial charge in [-0.1, -0.05) is 0 Å². The molecule has 4 N–H and O–H groups in total. The molecule has 0 atom stereocenters. The Kier molecular flexibility index (Phi) is 5.43. The van der Waals surface area contributed by atoms with Gasteiger partial charge in [-0.2, -0.15) is 0 Å². The zero-order valence-corrected chi connectivity index (χ0v) is 10.3. The van der Waals surface area contributed by atoms with Crippen molar-refractivity contribution in [1.82, 2.24) is 10.2 Å². The molecule has 0 spiro atoms. The fourth-order valence-corrected chi connectivity index (χ4v) is 1.17. The molecule has 0 aliphatic heterocycles. The number of primary amides is 1. The van der Waals surface area contributed by atoms with Crippen LogP contribution in [0.3, 0.4) is 0 Å². The second-order valence-electron chi connectivity index (χ2n) is 4.53. The van der Waals surface area contributed by atoms with Gasteiger partial charge in [-0.15, -0.1) is 0 Å². The van der Waals surface area contributed by atoms with Gasteiger partial charge in [0.05, 0.1) is 0 Å². The third-order valence-electron chi connectivity index (χ3n) is 2.15. The van der Waals surface area contributed by atoms with E-state index < -0.39 is 23.4 Å². The van der Waals surface area contributed by atoms with Crippen LogP contribution in [0.5, 0.6) is 0 Å². The molecule has 0 aliphatic rings. The summed E-state index contributed by atoms with van der Waals surface area (Å²) in [5, 5.41) is 11.2. The lowest BCUT2D eigenvalue weighted by molar-refractivity contribution is -0.137. The molecule has 0 aromatic carbocycles. The van der Waals surface area contributed by atoms with E-state index in [-0.39, 0.29) is 13.0 Å². The number of urea groups is 1. The van der Waals surface area contributed by atoms with Gasteiger partial charge in [0, 0.05) is 19.0 Å². The summed E-state index contributed by atoms with van der Waals surface area (Å²) in [6.45, 7) is 3.25. The zero-order chi connectivity index (χ0) is 13.6. The van der Waals surface area contributed by atoms with E-state index in [2.05, 4.69) is 5.32 Å². The first-order valence-electron chi connectivity index (χ1n) is 5.17. The Morgan fingerprint density at radius 3 is 2.29 bits per heavy atom. The highest BCUT2D eigenvalue weighted by atomic mass is 16.4. The van der Waals surface area contributed by atoms with Gasteiger partial charge in [-0.25, -0.2) is 4.79 Å². The first kappa shape index (κ1) is 15.2. The molecule has 17 heavy (non-hydrogen) atoms. The normalized spacial score (nSPS) is 10.8. The highest BCUT2D eigenvalue weighted by Gasteiger charge is 2.23. The second kappa shape index (κ2) is 6.07. The molecule has 0 aromatic heterocycles. The summed E-state index contributed by atoms with van der Waals surface area (Å²) in [4.78, 5) is 33.8. The van der Waals surface area contributed by atoms with Crippen molar-refractivity contribution in [3.05, 3.63) is 0 Å². The van der Waals surface area contributed by atoms with Crippen LogP contribution in [0.4, 0.5) is 4.79 Å². The molecule has 0 fully saturated rings. The van der Waals surface area contributed by atoms with Crippen LogP contribution in [0, 0.1) is 0 Å². The van der Waals surface area contributed by atoms with Crippen molar-refractivity contribution in [3.63, 3.8) is 0 Å². The van der Waals surface area contributed by atoms with E-state index in [1.807, 2.05) is 0 Å². The van der Waals surface area contributed by atoms with Gasteiger partial charge >= 0.3 is 12.0 Å². The summed E-state index contributed by atoms with van der Waals surface area (Å²) in [6, 6.07) is -0.459. The van der Waals surface area contributed by atoms with E-state index >= 15 is 0 Å². The molecule has 0 aromatic rings. The molecule has 98 valence electrons. The van der Waals surface area contributed by atoms with Crippen LogP contribution in [-0.2, 0) is 9.59 Å². The molecular weight excluding hydrogens is 226 g/mol. The molecule has 0 aliphatic carbocycles. The Labute approximate surface area is 100.0 Å². The molecule has 0 unspecified atom stereocenters. The minimum Gasteiger partial charge on any atom is -0.481 e. The number of rotatable bonds is 6. The maximum atomic E-state index is 11.6. The number of carbonyl (C=O) groups excluding carboxylic acids is 2. The first-order valence-corrected chi connectivity index (χ1v) is 5.17. The summed E-state index contributed by atoms with van der Waals surface area (Å²) in [5.41, 5.74) is 4.30. The smallest absolute Gasteiger partial charge is 0.318 e. The average Bonchev–Trinajstić information content (AvgIpc) is 2.13. The number of carboxylic acids is 1. The quantitative estimate of drug-likeness (QED) is 0.599. The molecule has 0 bridgehead atoms. The molecule has 0 radical (unpaired) electrons. The van der Waals surface area contributed by atoms with Gasteiger partial charge in [-0.3, -0.25) is 9.59 Å². The predicted molar refractivity (Wildman–Crippen MR) is 61.3 cm³/mol. The molecule has 0 rings (SSSR count). The lowest BCUT2D eigenvalue weighted by atomic mass is 9.99. The number of likely N-dealkylation sites (N-methyl/N-ethyl adjacent to an activating group) is 1. The molecule has 0 heterocycles. The minimum atomic E-state index is -0.919. The fourth-order valence-electron chi connectivity index (χ4n) is 1.17. The lowest BCUT2D eigenvalue weighted by Gasteiger charge is -2.28. The van der Waals surface area contributed by atoms with Crippen molar-refractivity contribution in [2.75, 3.05) is 13.6 Å². The number of aliphatic carboxylic acids is 1. The summed E-state index contributed by atoms with van der Waals surface area (Å²) >= 11 is 0. The van der Waals surface area contributed by atoms with E-state index in [4.69, 9.17) is 10.8 Å². The maximum Gasteiger partial charge on any atom is 0.318 e. The summed E-state index contributed by atoms with van der Waals surface area (Å²) in [7, 11) is 1.44. The molecular formula is C10H19N3O4. The Balaban J connectivity index is 4.25. The Hall–Kier alpha value is -1.79. The fraction of sp³-hybridized carbons (Fsp3) is 0.700. The Morgan fingerprint density at radius 2 is 1.88 bits per heavy atom. The molecule has 0 saturated heterocycles. The van der Waals surface area contributed by atoms with E-state index in [0.29, 0.717) is 6.42 Å². The number of hydrogen-bond acceptors (Lipinski definition) is 3. The number of nitrogens with zero attached hydrogens (tertiary/aromatic N) is 1. The van der Waals surface area contributed by atoms with Gasteiger partial charge in [-0.05, 0) is 20.3 Å². The number of carboxylic acid groups (broad SMARTS) is 1. The van der Waals surface area contributed by atoms with Gasteiger partial charge < -0.3 is 21.1 Å². The van der Waals surface area contributed by atoms with Crippen molar-refractivity contribution in [2.24, 2.45) is 5.73 Å². The van der Waals surface area contributed by atoms with E-state index in [9.17, 15) is 14.4 Å². The zero-order valence-electron chi connectivity index (χ0n) is 10.3. The summed E-state index contributed by atoms with van der Waals surface area (Å²) in [5.74, 6) is -1.52. The number of amides is 3. The van der Waals surface area contributed by atoms with Gasteiger partial charge in [0.1, 0.15) is 6.54 Å². The highest BCUT2D eigenvalue weighted by molar-refractivity contribution is 5.83.